The number of hydrogen-bond donors (Lipinski definition) is 0. The fraction of sp³-hybridized carbons (Fsp3) is 0.108. The molecule has 0 bridgehead atoms. The molecule has 0 aliphatic heterocycles. The summed E-state index contributed by atoms with van der Waals surface area (Å²) in [6.07, 6.45) is 3.82. The zero-order valence-electron chi connectivity index (χ0n) is 22.0. The van der Waals surface area contributed by atoms with Crippen LogP contribution in [0.4, 0.5) is 0 Å². The van der Waals surface area contributed by atoms with Gasteiger partial charge in [0.15, 0.2) is 0 Å². The average Bonchev–Trinajstić information content (AvgIpc) is 2.96. The largest absolute Gasteiger partial charge is 0.264 e. The lowest BCUT2D eigenvalue weighted by Crippen LogP contribution is -2.10. The Morgan fingerprint density at radius 2 is 1.08 bits per heavy atom. The van der Waals surface area contributed by atoms with Crippen molar-refractivity contribution in [1.82, 2.24) is 4.98 Å². The molecule has 0 amide bonds. The number of pyridine rings is 1. The van der Waals surface area contributed by atoms with Gasteiger partial charge in [0, 0.05) is 18.0 Å². The lowest BCUT2D eigenvalue weighted by Gasteiger charge is -2.23. The molecule has 0 spiro atoms. The molecule has 38 heavy (non-hydrogen) atoms. The molecule has 0 aliphatic carbocycles. The van der Waals surface area contributed by atoms with Crippen molar-refractivity contribution in [2.24, 2.45) is 0 Å². The van der Waals surface area contributed by atoms with Crippen LogP contribution in [0.5, 0.6) is 0 Å². The summed E-state index contributed by atoms with van der Waals surface area (Å²) < 4.78 is 0. The van der Waals surface area contributed by atoms with E-state index in [-0.39, 0.29) is 5.41 Å². The van der Waals surface area contributed by atoms with Gasteiger partial charge in [-0.25, -0.2) is 0 Å². The maximum atomic E-state index is 4.46. The van der Waals surface area contributed by atoms with E-state index in [2.05, 4.69) is 129 Å². The van der Waals surface area contributed by atoms with E-state index in [0.29, 0.717) is 0 Å². The van der Waals surface area contributed by atoms with E-state index in [1.54, 1.807) is 0 Å². The molecular weight excluding hydrogens is 458 g/mol. The summed E-state index contributed by atoms with van der Waals surface area (Å²) in [4.78, 5) is 4.46. The quantitative estimate of drug-likeness (QED) is 0.226. The van der Waals surface area contributed by atoms with Gasteiger partial charge in [0.25, 0.3) is 0 Å². The van der Waals surface area contributed by atoms with Crippen molar-refractivity contribution < 1.29 is 0 Å². The van der Waals surface area contributed by atoms with Crippen LogP contribution in [-0.4, -0.2) is 4.98 Å². The molecule has 1 heterocycles. The minimum atomic E-state index is 0.0942. The topological polar surface area (TPSA) is 12.9 Å². The highest BCUT2D eigenvalue weighted by molar-refractivity contribution is 6.28. The monoisotopic (exact) mass is 487 g/mol. The van der Waals surface area contributed by atoms with Crippen LogP contribution < -0.4 is 0 Å². The first-order chi connectivity index (χ1) is 18.5. The molecule has 7 rings (SSSR count). The molecule has 6 aromatic carbocycles. The highest BCUT2D eigenvalue weighted by atomic mass is 14.6. The van der Waals surface area contributed by atoms with Gasteiger partial charge in [-0.2, -0.15) is 0 Å². The second kappa shape index (κ2) is 8.53. The van der Waals surface area contributed by atoms with Crippen LogP contribution in [0.3, 0.4) is 0 Å². The summed E-state index contributed by atoms with van der Waals surface area (Å²) in [6.45, 7) is 6.87. The third kappa shape index (κ3) is 3.66. The van der Waals surface area contributed by atoms with E-state index >= 15 is 0 Å². The van der Waals surface area contributed by atoms with Crippen LogP contribution in [0, 0.1) is 0 Å². The minimum absolute atomic E-state index is 0.0942. The maximum Gasteiger partial charge on any atom is 0.0346 e. The Hall–Kier alpha value is -4.49. The van der Waals surface area contributed by atoms with E-state index in [0.717, 1.165) is 5.56 Å². The Bertz CT molecular complexity index is 1890. The molecule has 1 aromatic heterocycles. The zero-order chi connectivity index (χ0) is 25.9. The van der Waals surface area contributed by atoms with E-state index < -0.39 is 0 Å². The fourth-order valence-corrected chi connectivity index (χ4v) is 5.82. The van der Waals surface area contributed by atoms with Crippen LogP contribution in [0.25, 0.3) is 65.7 Å². The van der Waals surface area contributed by atoms with Gasteiger partial charge in [-0.1, -0.05) is 118 Å². The zero-order valence-corrected chi connectivity index (χ0v) is 22.0. The van der Waals surface area contributed by atoms with Crippen molar-refractivity contribution >= 4 is 32.3 Å². The number of hydrogen-bond acceptors (Lipinski definition) is 1. The maximum absolute atomic E-state index is 4.46. The second-order valence-electron chi connectivity index (χ2n) is 11.3. The molecular formula is C37H29N. The molecule has 0 N–H and O–H groups in total. The van der Waals surface area contributed by atoms with Gasteiger partial charge < -0.3 is 0 Å². The third-order valence-corrected chi connectivity index (χ3v) is 7.86. The van der Waals surface area contributed by atoms with Gasteiger partial charge >= 0.3 is 0 Å². The second-order valence-corrected chi connectivity index (χ2v) is 11.3. The van der Waals surface area contributed by atoms with Crippen LogP contribution in [0.15, 0.2) is 122 Å². The van der Waals surface area contributed by atoms with Gasteiger partial charge in [0.1, 0.15) is 0 Å². The van der Waals surface area contributed by atoms with Gasteiger partial charge in [-0.15, -0.1) is 0 Å². The molecule has 0 atom stereocenters. The van der Waals surface area contributed by atoms with E-state index in [4.69, 9.17) is 0 Å². The Labute approximate surface area is 223 Å². The van der Waals surface area contributed by atoms with Crippen molar-refractivity contribution in [3.63, 3.8) is 0 Å². The minimum Gasteiger partial charge on any atom is -0.264 e. The van der Waals surface area contributed by atoms with Crippen molar-refractivity contribution in [1.29, 1.82) is 0 Å². The van der Waals surface area contributed by atoms with Crippen LogP contribution in [0.1, 0.15) is 26.3 Å². The number of benzene rings is 6. The third-order valence-electron chi connectivity index (χ3n) is 7.86. The number of rotatable bonds is 3. The molecule has 0 saturated carbocycles. The Morgan fingerprint density at radius 3 is 1.68 bits per heavy atom. The number of aromatic nitrogens is 1. The van der Waals surface area contributed by atoms with Crippen LogP contribution in [0.2, 0.25) is 0 Å². The normalized spacial score (nSPS) is 12.1. The van der Waals surface area contributed by atoms with Gasteiger partial charge in [0.05, 0.1) is 0 Å². The highest BCUT2D eigenvalue weighted by Crippen LogP contribution is 2.45. The Morgan fingerprint density at radius 1 is 0.500 bits per heavy atom. The lowest BCUT2D eigenvalue weighted by atomic mass is 9.81. The van der Waals surface area contributed by atoms with Gasteiger partial charge in [-0.3, -0.25) is 4.98 Å². The molecule has 0 fully saturated rings. The first-order valence-electron chi connectivity index (χ1n) is 13.3. The summed E-state index contributed by atoms with van der Waals surface area (Å²) in [6, 6.07) is 40.1. The molecule has 0 aliphatic rings. The molecule has 182 valence electrons. The van der Waals surface area contributed by atoms with Crippen molar-refractivity contribution in [2.75, 3.05) is 0 Å². The number of nitrogens with zero attached hydrogens (tertiary/aromatic N) is 1. The molecule has 0 saturated heterocycles. The predicted octanol–water partition coefficient (Wildman–Crippen LogP) is 10.3. The van der Waals surface area contributed by atoms with Crippen molar-refractivity contribution in [3.8, 4) is 33.4 Å². The molecule has 1 heteroatoms. The molecule has 0 radical (unpaired) electrons. The lowest BCUT2D eigenvalue weighted by molar-refractivity contribution is 0.591. The molecule has 1 nitrogen and oxygen atoms in total. The van der Waals surface area contributed by atoms with Gasteiger partial charge in [0.2, 0.25) is 0 Å². The van der Waals surface area contributed by atoms with E-state index in [9.17, 15) is 0 Å². The fourth-order valence-electron chi connectivity index (χ4n) is 5.82. The summed E-state index contributed by atoms with van der Waals surface area (Å²) in [5, 5.41) is 7.87. The summed E-state index contributed by atoms with van der Waals surface area (Å²) in [5.74, 6) is 0. The first kappa shape index (κ1) is 22.7. The predicted molar refractivity (Wildman–Crippen MR) is 163 cm³/mol. The van der Waals surface area contributed by atoms with Crippen molar-refractivity contribution in [2.45, 2.75) is 26.2 Å². The Balaban J connectivity index is 1.53. The van der Waals surface area contributed by atoms with Gasteiger partial charge in [-0.05, 0) is 83.2 Å². The summed E-state index contributed by atoms with van der Waals surface area (Å²) >= 11 is 0. The SMILES string of the molecule is CC(C)(C)c1cc2ccc3c(-c4ccc(-c5ccccc5)cc4)cc(-c4cccnc4)c4ccc(c1)c2c34. The molecule has 0 unspecified atom stereocenters. The van der Waals surface area contributed by atoms with E-state index in [1.807, 2.05) is 18.5 Å². The van der Waals surface area contributed by atoms with Crippen molar-refractivity contribution in [3.05, 3.63) is 127 Å². The smallest absolute Gasteiger partial charge is 0.0346 e. The Kier molecular flexibility index (Phi) is 5.09. The summed E-state index contributed by atoms with van der Waals surface area (Å²) in [5.41, 5.74) is 8.78. The van der Waals surface area contributed by atoms with Crippen LogP contribution >= 0.6 is 0 Å². The highest BCUT2D eigenvalue weighted by Gasteiger charge is 2.20. The standard InChI is InChI=1S/C37H29N/c1-37(2,3)30-20-27-15-17-31-33(26-13-11-25(12-14-26)24-8-5-4-6-9-24)22-34(29-10-7-19-38-23-29)32-18-16-28(21-30)35(27)36(31)32/h4-23H,1-3H3. The van der Waals surface area contributed by atoms with E-state index in [1.165, 1.54) is 65.7 Å². The average molecular weight is 488 g/mol. The van der Waals surface area contributed by atoms with Crippen LogP contribution in [-0.2, 0) is 5.41 Å². The first-order valence-corrected chi connectivity index (χ1v) is 13.3. The summed E-state index contributed by atoms with van der Waals surface area (Å²) in [7, 11) is 0. The molecule has 7 aromatic rings.